The molecule has 1 heterocycles. The fraction of sp³-hybridized carbons (Fsp3) is 0.375. The van der Waals surface area contributed by atoms with Crippen molar-refractivity contribution >= 4 is 5.82 Å². The molecule has 1 N–H and O–H groups in total. The summed E-state index contributed by atoms with van der Waals surface area (Å²) in [7, 11) is 1.64. The van der Waals surface area contributed by atoms with E-state index in [0.29, 0.717) is 19.0 Å². The largest absolute Gasteiger partial charge is 0.494 e. The number of benzene rings is 1. The predicted molar refractivity (Wildman–Crippen MR) is 83.5 cm³/mol. The minimum atomic E-state index is 0.386. The summed E-state index contributed by atoms with van der Waals surface area (Å²) in [4.78, 5) is 8.96. The quantitative estimate of drug-likeness (QED) is 0.848. The van der Waals surface area contributed by atoms with Gasteiger partial charge in [-0.1, -0.05) is 12.1 Å². The summed E-state index contributed by atoms with van der Waals surface area (Å²) >= 11 is 0. The second-order valence-corrected chi connectivity index (χ2v) is 4.48. The Morgan fingerprint density at radius 3 is 2.71 bits per heavy atom. The van der Waals surface area contributed by atoms with Gasteiger partial charge in [0.05, 0.1) is 12.3 Å². The summed E-state index contributed by atoms with van der Waals surface area (Å²) in [6, 6.07) is 9.84. The smallest absolute Gasteiger partial charge is 0.157 e. The summed E-state index contributed by atoms with van der Waals surface area (Å²) in [5.74, 6) is 2.30. The first-order chi connectivity index (χ1) is 10.3. The van der Waals surface area contributed by atoms with E-state index < -0.39 is 0 Å². The predicted octanol–water partition coefficient (Wildman–Crippen LogP) is 3.12. The van der Waals surface area contributed by atoms with E-state index in [0.717, 1.165) is 29.4 Å². The molecule has 0 radical (unpaired) electrons. The molecule has 0 unspecified atom stereocenters. The van der Waals surface area contributed by atoms with E-state index in [1.54, 1.807) is 7.11 Å². The van der Waals surface area contributed by atoms with E-state index in [1.165, 1.54) is 0 Å². The number of rotatable bonds is 7. The molecule has 0 spiro atoms. The zero-order chi connectivity index (χ0) is 15.1. The van der Waals surface area contributed by atoms with Crippen molar-refractivity contribution < 1.29 is 9.47 Å². The summed E-state index contributed by atoms with van der Waals surface area (Å²) in [6.45, 7) is 5.84. The van der Waals surface area contributed by atoms with Crippen LogP contribution in [0.3, 0.4) is 0 Å². The molecule has 5 heteroatoms. The van der Waals surface area contributed by atoms with Gasteiger partial charge in [-0.3, -0.25) is 0 Å². The molecule has 2 aromatic rings. The molecule has 5 nitrogen and oxygen atoms in total. The number of aromatic nitrogens is 2. The Morgan fingerprint density at radius 1 is 1.14 bits per heavy atom. The molecule has 0 atom stereocenters. The van der Waals surface area contributed by atoms with Crippen LogP contribution in [0.2, 0.25) is 0 Å². The SMILES string of the molecule is CCNc1cc(-c2cccc(OCC)c2)nc(COC)n1. The number of nitrogens with one attached hydrogen (secondary N) is 1. The van der Waals surface area contributed by atoms with Gasteiger partial charge in [-0.2, -0.15) is 0 Å². The van der Waals surface area contributed by atoms with Crippen LogP contribution in [0.5, 0.6) is 5.75 Å². The zero-order valence-corrected chi connectivity index (χ0v) is 12.7. The first-order valence-electron chi connectivity index (χ1n) is 7.10. The summed E-state index contributed by atoms with van der Waals surface area (Å²) < 4.78 is 10.7. The van der Waals surface area contributed by atoms with Gasteiger partial charge in [0.2, 0.25) is 0 Å². The second kappa shape index (κ2) is 7.59. The van der Waals surface area contributed by atoms with Crippen molar-refractivity contribution in [1.29, 1.82) is 0 Å². The number of methoxy groups -OCH3 is 1. The molecule has 0 fully saturated rings. The van der Waals surface area contributed by atoms with Crippen molar-refractivity contribution in [2.75, 3.05) is 25.6 Å². The first kappa shape index (κ1) is 15.3. The lowest BCUT2D eigenvalue weighted by atomic mass is 10.1. The van der Waals surface area contributed by atoms with E-state index in [1.807, 2.05) is 44.2 Å². The Morgan fingerprint density at radius 2 is 2.00 bits per heavy atom. The molecular formula is C16H21N3O2. The van der Waals surface area contributed by atoms with Crippen LogP contribution in [-0.2, 0) is 11.3 Å². The topological polar surface area (TPSA) is 56.3 Å². The Labute approximate surface area is 125 Å². The van der Waals surface area contributed by atoms with E-state index in [2.05, 4.69) is 15.3 Å². The van der Waals surface area contributed by atoms with Crippen LogP contribution in [0.1, 0.15) is 19.7 Å². The van der Waals surface area contributed by atoms with E-state index in [-0.39, 0.29) is 0 Å². The van der Waals surface area contributed by atoms with Crippen molar-refractivity contribution in [2.24, 2.45) is 0 Å². The fourth-order valence-corrected chi connectivity index (χ4v) is 2.02. The Hall–Kier alpha value is -2.14. The van der Waals surface area contributed by atoms with Crippen LogP contribution in [-0.4, -0.2) is 30.2 Å². The zero-order valence-electron chi connectivity index (χ0n) is 12.7. The minimum absolute atomic E-state index is 0.386. The maximum absolute atomic E-state index is 5.54. The molecule has 21 heavy (non-hydrogen) atoms. The highest BCUT2D eigenvalue weighted by Gasteiger charge is 2.07. The highest BCUT2D eigenvalue weighted by molar-refractivity contribution is 5.64. The van der Waals surface area contributed by atoms with Gasteiger partial charge in [0.15, 0.2) is 5.82 Å². The fourth-order valence-electron chi connectivity index (χ4n) is 2.02. The molecule has 0 aliphatic heterocycles. The lowest BCUT2D eigenvalue weighted by molar-refractivity contribution is 0.178. The normalized spacial score (nSPS) is 10.4. The van der Waals surface area contributed by atoms with E-state index >= 15 is 0 Å². The summed E-state index contributed by atoms with van der Waals surface area (Å²) in [6.07, 6.45) is 0. The van der Waals surface area contributed by atoms with Gasteiger partial charge in [-0.15, -0.1) is 0 Å². The standard InChI is InChI=1S/C16H21N3O2/c1-4-17-15-10-14(18-16(19-15)11-20-3)12-7-6-8-13(9-12)21-5-2/h6-10H,4-5,11H2,1-3H3,(H,17,18,19). The molecule has 0 saturated carbocycles. The molecule has 0 aliphatic carbocycles. The van der Waals surface area contributed by atoms with Crippen LogP contribution < -0.4 is 10.1 Å². The van der Waals surface area contributed by atoms with Gasteiger partial charge in [-0.25, -0.2) is 9.97 Å². The molecule has 0 bridgehead atoms. The molecule has 0 aliphatic rings. The third-order valence-electron chi connectivity index (χ3n) is 2.84. The maximum atomic E-state index is 5.54. The van der Waals surface area contributed by atoms with Gasteiger partial charge in [0.1, 0.15) is 18.2 Å². The second-order valence-electron chi connectivity index (χ2n) is 4.48. The number of ether oxygens (including phenoxy) is 2. The number of hydrogen-bond acceptors (Lipinski definition) is 5. The van der Waals surface area contributed by atoms with Crippen LogP contribution >= 0.6 is 0 Å². The third kappa shape index (κ3) is 4.16. The van der Waals surface area contributed by atoms with Crippen LogP contribution in [0.25, 0.3) is 11.3 Å². The van der Waals surface area contributed by atoms with Crippen molar-refractivity contribution in [1.82, 2.24) is 9.97 Å². The minimum Gasteiger partial charge on any atom is -0.494 e. The highest BCUT2D eigenvalue weighted by atomic mass is 16.5. The van der Waals surface area contributed by atoms with E-state index in [4.69, 9.17) is 9.47 Å². The van der Waals surface area contributed by atoms with Gasteiger partial charge in [0.25, 0.3) is 0 Å². The average molecular weight is 287 g/mol. The molecule has 1 aromatic heterocycles. The first-order valence-corrected chi connectivity index (χ1v) is 7.10. The highest BCUT2D eigenvalue weighted by Crippen LogP contribution is 2.24. The van der Waals surface area contributed by atoms with Crippen LogP contribution in [0.4, 0.5) is 5.82 Å². The lowest BCUT2D eigenvalue weighted by Gasteiger charge is -2.10. The molecule has 1 aromatic carbocycles. The van der Waals surface area contributed by atoms with Crippen molar-refractivity contribution in [3.8, 4) is 17.0 Å². The summed E-state index contributed by atoms with van der Waals surface area (Å²) in [5, 5.41) is 3.22. The summed E-state index contributed by atoms with van der Waals surface area (Å²) in [5.41, 5.74) is 1.86. The van der Waals surface area contributed by atoms with E-state index in [9.17, 15) is 0 Å². The number of hydrogen-bond donors (Lipinski definition) is 1. The Bertz CT molecular complexity index is 563. The lowest BCUT2D eigenvalue weighted by Crippen LogP contribution is -2.05. The Balaban J connectivity index is 2.38. The van der Waals surface area contributed by atoms with Gasteiger partial charge in [-0.05, 0) is 26.0 Å². The third-order valence-corrected chi connectivity index (χ3v) is 2.84. The molecule has 112 valence electrons. The molecule has 2 rings (SSSR count). The molecule has 0 saturated heterocycles. The monoisotopic (exact) mass is 287 g/mol. The molecule has 0 amide bonds. The maximum Gasteiger partial charge on any atom is 0.157 e. The number of anilines is 1. The van der Waals surface area contributed by atoms with Crippen molar-refractivity contribution in [3.63, 3.8) is 0 Å². The van der Waals surface area contributed by atoms with Crippen LogP contribution in [0.15, 0.2) is 30.3 Å². The van der Waals surface area contributed by atoms with Crippen molar-refractivity contribution in [2.45, 2.75) is 20.5 Å². The average Bonchev–Trinajstić information content (AvgIpc) is 2.48. The molecular weight excluding hydrogens is 266 g/mol. The van der Waals surface area contributed by atoms with Crippen LogP contribution in [0, 0.1) is 0 Å². The Kier molecular flexibility index (Phi) is 5.51. The van der Waals surface area contributed by atoms with Crippen molar-refractivity contribution in [3.05, 3.63) is 36.2 Å². The van der Waals surface area contributed by atoms with Gasteiger partial charge >= 0.3 is 0 Å². The van der Waals surface area contributed by atoms with Gasteiger partial charge in [0, 0.05) is 25.3 Å². The van der Waals surface area contributed by atoms with Gasteiger partial charge < -0.3 is 14.8 Å². The number of nitrogens with zero attached hydrogens (tertiary/aromatic N) is 2.